The number of cyclic esters (lactones) is 1. The molecule has 24 heavy (non-hydrogen) atoms. The van der Waals surface area contributed by atoms with E-state index in [1.54, 1.807) is 4.90 Å². The normalized spacial score (nSPS) is 16.8. The van der Waals surface area contributed by atoms with Gasteiger partial charge >= 0.3 is 6.09 Å². The van der Waals surface area contributed by atoms with Gasteiger partial charge in [0.1, 0.15) is 12.4 Å². The predicted octanol–water partition coefficient (Wildman–Crippen LogP) is 3.31. The van der Waals surface area contributed by atoms with Gasteiger partial charge in [0.2, 0.25) is 0 Å². The van der Waals surface area contributed by atoms with Crippen molar-refractivity contribution in [2.24, 2.45) is 0 Å². The first-order valence-electron chi connectivity index (χ1n) is 7.45. The molecule has 3 rings (SSSR count). The molecule has 0 radical (unpaired) electrons. The highest BCUT2D eigenvalue weighted by molar-refractivity contribution is 5.89. The molecule has 0 spiro atoms. The summed E-state index contributed by atoms with van der Waals surface area (Å²) >= 11 is 0. The Morgan fingerprint density at radius 3 is 2.50 bits per heavy atom. The van der Waals surface area contributed by atoms with Crippen LogP contribution in [0, 0.1) is 17.0 Å². The van der Waals surface area contributed by atoms with Gasteiger partial charge in [0.05, 0.1) is 11.5 Å². The van der Waals surface area contributed by atoms with Crippen LogP contribution in [0.1, 0.15) is 5.56 Å². The number of anilines is 1. The number of amides is 1. The molecule has 1 atom stereocenters. The van der Waals surface area contributed by atoms with Crippen molar-refractivity contribution in [3.8, 4) is 5.75 Å². The first-order chi connectivity index (χ1) is 11.5. The standard InChI is InChI=1S/C17H16N2O5/c1-12-2-4-13(5-3-12)18-10-16(24-17(18)20)11-23-15-8-6-14(7-9-15)19(21)22/h2-9,16H,10-11H2,1H3. The molecule has 0 aliphatic carbocycles. The predicted molar refractivity (Wildman–Crippen MR) is 87.4 cm³/mol. The van der Waals surface area contributed by atoms with Crippen molar-refractivity contribution in [3.63, 3.8) is 0 Å². The molecule has 1 saturated heterocycles. The lowest BCUT2D eigenvalue weighted by molar-refractivity contribution is -0.384. The van der Waals surface area contributed by atoms with Crippen LogP contribution in [0.4, 0.5) is 16.2 Å². The van der Waals surface area contributed by atoms with Crippen molar-refractivity contribution < 1.29 is 19.2 Å². The molecule has 124 valence electrons. The summed E-state index contributed by atoms with van der Waals surface area (Å²) in [6, 6.07) is 13.4. The van der Waals surface area contributed by atoms with Gasteiger partial charge < -0.3 is 9.47 Å². The number of benzene rings is 2. The fourth-order valence-electron chi connectivity index (χ4n) is 2.40. The van der Waals surface area contributed by atoms with E-state index in [4.69, 9.17) is 9.47 Å². The Morgan fingerprint density at radius 2 is 1.88 bits per heavy atom. The summed E-state index contributed by atoms with van der Waals surface area (Å²) < 4.78 is 10.8. The molecular weight excluding hydrogens is 312 g/mol. The minimum absolute atomic E-state index is 0.000176. The number of nitro benzene ring substituents is 1. The van der Waals surface area contributed by atoms with Crippen LogP contribution in [0.5, 0.6) is 5.75 Å². The SMILES string of the molecule is Cc1ccc(N2CC(COc3ccc([N+](=O)[O-])cc3)OC2=O)cc1. The number of nitrogens with zero attached hydrogens (tertiary/aromatic N) is 2. The smallest absolute Gasteiger partial charge is 0.414 e. The second-order valence-corrected chi connectivity index (χ2v) is 5.51. The maximum atomic E-state index is 12.0. The van der Waals surface area contributed by atoms with Crippen molar-refractivity contribution in [2.45, 2.75) is 13.0 Å². The highest BCUT2D eigenvalue weighted by atomic mass is 16.6. The fraction of sp³-hybridized carbons (Fsp3) is 0.235. The number of carbonyl (C=O) groups is 1. The van der Waals surface area contributed by atoms with Gasteiger partial charge in [0.15, 0.2) is 6.10 Å². The van der Waals surface area contributed by atoms with Crippen molar-refractivity contribution in [1.29, 1.82) is 0 Å². The Balaban J connectivity index is 1.58. The molecule has 2 aromatic carbocycles. The Labute approximate surface area is 138 Å². The zero-order valence-corrected chi connectivity index (χ0v) is 13.0. The summed E-state index contributed by atoms with van der Waals surface area (Å²) in [6.45, 7) is 2.56. The van der Waals surface area contributed by atoms with E-state index in [1.165, 1.54) is 24.3 Å². The quantitative estimate of drug-likeness (QED) is 0.621. The maximum absolute atomic E-state index is 12.0. The van der Waals surface area contributed by atoms with E-state index in [1.807, 2.05) is 31.2 Å². The molecule has 1 heterocycles. The van der Waals surface area contributed by atoms with Crippen molar-refractivity contribution in [1.82, 2.24) is 0 Å². The van der Waals surface area contributed by atoms with Crippen molar-refractivity contribution in [3.05, 3.63) is 64.2 Å². The van der Waals surface area contributed by atoms with E-state index in [0.717, 1.165) is 11.3 Å². The lowest BCUT2D eigenvalue weighted by atomic mass is 10.2. The maximum Gasteiger partial charge on any atom is 0.414 e. The lowest BCUT2D eigenvalue weighted by Crippen LogP contribution is -2.26. The number of non-ortho nitro benzene ring substituents is 1. The Bertz CT molecular complexity index is 743. The van der Waals surface area contributed by atoms with Crippen LogP contribution >= 0.6 is 0 Å². The van der Waals surface area contributed by atoms with E-state index >= 15 is 0 Å². The average Bonchev–Trinajstić information content (AvgIpc) is 2.95. The number of rotatable bonds is 5. The molecule has 0 aromatic heterocycles. The summed E-state index contributed by atoms with van der Waals surface area (Å²) in [4.78, 5) is 23.7. The van der Waals surface area contributed by atoms with Crippen molar-refractivity contribution >= 4 is 17.5 Å². The Hall–Kier alpha value is -3.09. The molecule has 7 nitrogen and oxygen atoms in total. The minimum Gasteiger partial charge on any atom is -0.490 e. The van der Waals surface area contributed by atoms with Gasteiger partial charge in [0, 0.05) is 17.8 Å². The van der Waals surface area contributed by atoms with Crippen LogP contribution in [0.3, 0.4) is 0 Å². The third-order valence-corrected chi connectivity index (χ3v) is 3.70. The molecular formula is C17H16N2O5. The van der Waals surface area contributed by atoms with Gasteiger partial charge in [-0.25, -0.2) is 4.79 Å². The monoisotopic (exact) mass is 328 g/mol. The van der Waals surface area contributed by atoms with Crippen molar-refractivity contribution in [2.75, 3.05) is 18.1 Å². The average molecular weight is 328 g/mol. The summed E-state index contributed by atoms with van der Waals surface area (Å²) in [5.74, 6) is 0.491. The highest BCUT2D eigenvalue weighted by Gasteiger charge is 2.32. The molecule has 1 amide bonds. The number of hydrogen-bond donors (Lipinski definition) is 0. The molecule has 1 aliphatic rings. The summed E-state index contributed by atoms with van der Waals surface area (Å²) in [5, 5.41) is 10.6. The van der Waals surface area contributed by atoms with Crippen LogP contribution < -0.4 is 9.64 Å². The van der Waals surface area contributed by atoms with Gasteiger partial charge in [-0.05, 0) is 31.2 Å². The number of hydrogen-bond acceptors (Lipinski definition) is 5. The summed E-state index contributed by atoms with van der Waals surface area (Å²) in [7, 11) is 0. The van der Waals surface area contributed by atoms with Crippen LogP contribution in [0.25, 0.3) is 0 Å². The second-order valence-electron chi connectivity index (χ2n) is 5.51. The van der Waals surface area contributed by atoms with Gasteiger partial charge in [-0.2, -0.15) is 0 Å². The van der Waals surface area contributed by atoms with Gasteiger partial charge in [-0.15, -0.1) is 0 Å². The molecule has 0 N–H and O–H groups in total. The molecule has 0 bridgehead atoms. The molecule has 0 saturated carbocycles. The van der Waals surface area contributed by atoms with E-state index in [-0.39, 0.29) is 12.3 Å². The molecule has 1 aliphatic heterocycles. The third kappa shape index (κ3) is 3.45. The second kappa shape index (κ2) is 6.57. The fourth-order valence-corrected chi connectivity index (χ4v) is 2.40. The zero-order chi connectivity index (χ0) is 17.1. The number of nitro groups is 1. The van der Waals surface area contributed by atoms with Crippen LogP contribution in [0.15, 0.2) is 48.5 Å². The van der Waals surface area contributed by atoms with E-state index < -0.39 is 17.1 Å². The largest absolute Gasteiger partial charge is 0.490 e. The number of aryl methyl sites for hydroxylation is 1. The molecule has 7 heteroatoms. The van der Waals surface area contributed by atoms with Gasteiger partial charge in [0.25, 0.3) is 5.69 Å². The van der Waals surface area contributed by atoms with Crippen LogP contribution in [-0.4, -0.2) is 30.3 Å². The van der Waals surface area contributed by atoms with Gasteiger partial charge in [-0.1, -0.05) is 17.7 Å². The van der Waals surface area contributed by atoms with Gasteiger partial charge in [-0.3, -0.25) is 15.0 Å². The first-order valence-corrected chi connectivity index (χ1v) is 7.45. The van der Waals surface area contributed by atoms with Crippen LogP contribution in [-0.2, 0) is 4.74 Å². The number of carbonyl (C=O) groups excluding carboxylic acids is 1. The summed E-state index contributed by atoms with van der Waals surface area (Å²) in [6.07, 6.45) is -0.801. The topological polar surface area (TPSA) is 81.9 Å². The van der Waals surface area contributed by atoms with Crippen LogP contribution in [0.2, 0.25) is 0 Å². The Morgan fingerprint density at radius 1 is 1.21 bits per heavy atom. The number of ether oxygens (including phenoxy) is 2. The molecule has 1 unspecified atom stereocenters. The minimum atomic E-state index is -0.470. The van der Waals surface area contributed by atoms with E-state index in [9.17, 15) is 14.9 Å². The zero-order valence-electron chi connectivity index (χ0n) is 13.0. The molecule has 1 fully saturated rings. The highest BCUT2D eigenvalue weighted by Crippen LogP contribution is 2.23. The summed E-state index contributed by atoms with van der Waals surface area (Å²) in [5.41, 5.74) is 1.90. The lowest BCUT2D eigenvalue weighted by Gasteiger charge is -2.13. The van der Waals surface area contributed by atoms with E-state index in [2.05, 4.69) is 0 Å². The first kappa shape index (κ1) is 15.8. The molecule has 2 aromatic rings. The Kier molecular flexibility index (Phi) is 4.33. The third-order valence-electron chi connectivity index (χ3n) is 3.70. The van der Waals surface area contributed by atoms with E-state index in [0.29, 0.717) is 12.3 Å².